The first-order valence-electron chi connectivity index (χ1n) is 33.4. The topological polar surface area (TPSA) is 163 Å². The molecule has 0 aliphatic heterocycles. The van der Waals surface area contributed by atoms with Gasteiger partial charge in [0.25, 0.3) is 0 Å². The van der Waals surface area contributed by atoms with E-state index in [2.05, 4.69) is 225 Å². The van der Waals surface area contributed by atoms with Crippen LogP contribution >= 0.6 is 11.3 Å². The smallest absolute Gasteiger partial charge is 0.155 e. The largest absolute Gasteiger partial charge is 0.512 e. The van der Waals surface area contributed by atoms with E-state index in [1.54, 1.807) is 11.3 Å². The molecule has 2 aliphatic rings. The summed E-state index contributed by atoms with van der Waals surface area (Å²) in [7, 11) is 0. The monoisotopic (exact) mass is 2130 g/mol. The maximum atomic E-state index is 10.0. The average molecular weight is 2120 g/mol. The predicted molar refractivity (Wildman–Crippen MR) is 418 cm³/mol. The van der Waals surface area contributed by atoms with Crippen LogP contribution in [0, 0.1) is 24.3 Å². The number of carbonyl (C=O) groups is 3. The SMILES string of the molecule is CC(=O)C=C(C)O.CC(=O)C=C(C)O.CC(=O)C=C(C)O.CC1(C)c2ccccc2-c2c[c-]c(-c3ccc4ccccc4n3)cc21.CC1(C)c2ccccc2-c2c[c-]c(-c3nccc4ccccc34)cc21.[Ir].[Ir].[Ir].[Ir].[c-]1c(-c2ccccn2)sc2ccccc12.[c-]1ccccc1-c1ccc2ccccc2n1. The average Bonchev–Trinajstić information content (AvgIpc) is 1.58. The van der Waals surface area contributed by atoms with Gasteiger partial charge in [0.1, 0.15) is 0 Å². The Labute approximate surface area is 679 Å². The van der Waals surface area contributed by atoms with Gasteiger partial charge in [-0.2, -0.15) is 0 Å². The van der Waals surface area contributed by atoms with E-state index >= 15 is 0 Å². The summed E-state index contributed by atoms with van der Waals surface area (Å²) >= 11 is 1.73. The third-order valence-electron chi connectivity index (χ3n) is 16.9. The molecule has 9 aromatic carbocycles. The molecular weight excluding hydrogens is 2050 g/mol. The number of ketones is 3. The zero-order valence-electron chi connectivity index (χ0n) is 60.1. The van der Waals surface area contributed by atoms with Crippen LogP contribution in [0.3, 0.4) is 0 Å². The Balaban J connectivity index is 0.000000204. The van der Waals surface area contributed by atoms with Crippen molar-refractivity contribution in [1.82, 2.24) is 19.9 Å². The minimum atomic E-state index is -0.125. The van der Waals surface area contributed by atoms with Crippen molar-refractivity contribution in [2.45, 2.75) is 80.1 Å². The molecule has 0 saturated heterocycles. The molecular formula is C91H78Ir4N4O6S-4. The molecule has 5 heterocycles. The summed E-state index contributed by atoms with van der Waals surface area (Å²) in [6.07, 6.45) is 7.20. The van der Waals surface area contributed by atoms with Crippen molar-refractivity contribution >= 4 is 71.4 Å². The van der Waals surface area contributed by atoms with Crippen LogP contribution < -0.4 is 0 Å². The minimum absolute atomic E-state index is 0. The Kier molecular flexibility index (Phi) is 32.1. The number of benzene rings is 9. The number of carbonyl (C=O) groups excluding carboxylic acids is 3. The zero-order valence-corrected chi connectivity index (χ0v) is 70.5. The van der Waals surface area contributed by atoms with E-state index in [0.29, 0.717) is 0 Å². The molecule has 106 heavy (non-hydrogen) atoms. The van der Waals surface area contributed by atoms with Crippen LogP contribution in [-0.2, 0) is 106 Å². The van der Waals surface area contributed by atoms with Crippen LogP contribution in [0.4, 0.5) is 0 Å². The zero-order chi connectivity index (χ0) is 72.5. The minimum Gasteiger partial charge on any atom is -0.512 e. The second kappa shape index (κ2) is 39.8. The van der Waals surface area contributed by atoms with Gasteiger partial charge >= 0.3 is 0 Å². The Morgan fingerprint density at radius 3 is 1.34 bits per heavy atom. The van der Waals surface area contributed by atoms with E-state index in [-0.39, 0.29) is 126 Å². The fraction of sp³-hybridized carbons (Fsp3) is 0.132. The van der Waals surface area contributed by atoms with Crippen LogP contribution in [0.15, 0.2) is 291 Å². The van der Waals surface area contributed by atoms with Crippen LogP contribution in [0.2, 0.25) is 0 Å². The van der Waals surface area contributed by atoms with Crippen molar-refractivity contribution in [2.24, 2.45) is 0 Å². The van der Waals surface area contributed by atoms with Crippen LogP contribution in [-0.4, -0.2) is 52.6 Å². The molecule has 4 radical (unpaired) electrons. The second-order valence-corrected chi connectivity index (χ2v) is 26.6. The maximum absolute atomic E-state index is 10.0. The third kappa shape index (κ3) is 21.9. The van der Waals surface area contributed by atoms with Gasteiger partial charge in [-0.3, -0.25) is 24.4 Å². The summed E-state index contributed by atoms with van der Waals surface area (Å²) in [4.78, 5) is 49.6. The van der Waals surface area contributed by atoms with E-state index in [1.165, 1.54) is 136 Å². The van der Waals surface area contributed by atoms with Gasteiger partial charge in [0.2, 0.25) is 0 Å². The number of para-hydroxylation sites is 2. The number of rotatable bonds is 7. The fourth-order valence-electron chi connectivity index (χ4n) is 12.3. The fourth-order valence-corrected chi connectivity index (χ4v) is 13.3. The van der Waals surface area contributed by atoms with Gasteiger partial charge < -0.3 is 25.3 Å². The van der Waals surface area contributed by atoms with Crippen LogP contribution in [0.1, 0.15) is 91.5 Å². The number of hydrogen-bond donors (Lipinski definition) is 3. The van der Waals surface area contributed by atoms with Gasteiger partial charge in [-0.15, -0.1) is 118 Å². The normalized spacial score (nSPS) is 12.1. The molecule has 0 spiro atoms. The Bertz CT molecular complexity index is 5320. The van der Waals surface area contributed by atoms with Gasteiger partial charge in [-0.05, 0) is 136 Å². The number of thiophene rings is 1. The van der Waals surface area contributed by atoms with E-state index in [4.69, 9.17) is 20.3 Å². The van der Waals surface area contributed by atoms with Crippen molar-refractivity contribution in [2.75, 3.05) is 0 Å². The van der Waals surface area contributed by atoms with E-state index in [9.17, 15) is 14.4 Å². The number of allylic oxidation sites excluding steroid dienone is 6. The second-order valence-electron chi connectivity index (χ2n) is 25.6. The van der Waals surface area contributed by atoms with Gasteiger partial charge in [0.15, 0.2) is 17.3 Å². The summed E-state index contributed by atoms with van der Waals surface area (Å²) in [5.74, 6) is -0.187. The molecule has 14 aromatic rings. The molecule has 0 fully saturated rings. The summed E-state index contributed by atoms with van der Waals surface area (Å²) in [5, 5.41) is 31.0. The van der Waals surface area contributed by atoms with Gasteiger partial charge in [-0.1, -0.05) is 208 Å². The summed E-state index contributed by atoms with van der Waals surface area (Å²) in [6.45, 7) is 17.8. The Morgan fingerprint density at radius 2 is 0.849 bits per heavy atom. The van der Waals surface area contributed by atoms with Crippen LogP contribution in [0.5, 0.6) is 0 Å². The molecule has 0 saturated carbocycles. The van der Waals surface area contributed by atoms with E-state index in [0.717, 1.165) is 55.4 Å². The molecule has 16 rings (SSSR count). The molecule has 5 aromatic heterocycles. The molecule has 0 atom stereocenters. The van der Waals surface area contributed by atoms with Gasteiger partial charge in [-0.25, -0.2) is 11.3 Å². The van der Waals surface area contributed by atoms with E-state index in [1.807, 2.05) is 97.3 Å². The molecule has 10 nitrogen and oxygen atoms in total. The first kappa shape index (κ1) is 85.5. The van der Waals surface area contributed by atoms with E-state index < -0.39 is 0 Å². The van der Waals surface area contributed by atoms with Crippen molar-refractivity contribution in [3.8, 4) is 66.6 Å². The van der Waals surface area contributed by atoms with Crippen molar-refractivity contribution in [3.05, 3.63) is 337 Å². The van der Waals surface area contributed by atoms with Crippen molar-refractivity contribution in [3.63, 3.8) is 0 Å². The molecule has 0 amide bonds. The number of fused-ring (bicyclic) bond motifs is 10. The van der Waals surface area contributed by atoms with Gasteiger partial charge in [0.05, 0.1) is 28.3 Å². The Morgan fingerprint density at radius 1 is 0.396 bits per heavy atom. The van der Waals surface area contributed by atoms with Crippen molar-refractivity contribution < 1.29 is 110 Å². The molecule has 2 aliphatic carbocycles. The van der Waals surface area contributed by atoms with Crippen LogP contribution in [0.25, 0.3) is 109 Å². The molecule has 544 valence electrons. The molecule has 0 unspecified atom stereocenters. The number of aliphatic hydroxyl groups excluding tert-OH is 3. The third-order valence-corrected chi connectivity index (χ3v) is 18.0. The molecule has 0 bridgehead atoms. The quantitative estimate of drug-likeness (QED) is 0.0795. The van der Waals surface area contributed by atoms with Gasteiger partial charge in [0, 0.05) is 117 Å². The summed E-state index contributed by atoms with van der Waals surface area (Å²) in [5.41, 5.74) is 19.9. The number of aliphatic hydroxyl groups is 3. The molecule has 15 heteroatoms. The number of aromatic nitrogens is 4. The number of pyridine rings is 4. The first-order chi connectivity index (χ1) is 49.0. The standard InChI is InChI=1S/2C24H18N.C15H10N.C13H8NS.3C5H8O2.4Ir/c1-24(2)20-9-5-4-8-18(20)19-13-11-17(15-21(19)24)23-14-12-16-7-3-6-10-22(16)25-23;1-24(2)21-10-6-5-9-19(21)20-12-11-17(15-22(20)24)23-18-8-4-3-7-16(18)13-14-25-23;1-2-6-12(7-3-1)15-11-10-13-8-4-5-9-14(13)16-15;1-2-7-12-10(5-1)9-13(15-12)11-6-3-4-8-14-11;3*1-4(6)3-5(2)7;;;;/h2*3-10,12-15H,1-2H3;1-6,8-11H;1-8H;3*3,6H,1-2H3;;;;/q4*-1;;;;;;;. The first-order valence-corrected chi connectivity index (χ1v) is 34.2. The Hall–Kier alpha value is -9.45. The van der Waals surface area contributed by atoms with Crippen molar-refractivity contribution in [1.29, 1.82) is 0 Å². The summed E-state index contributed by atoms with van der Waals surface area (Å²) in [6, 6.07) is 97.1. The number of hydrogen-bond acceptors (Lipinski definition) is 11. The summed E-state index contributed by atoms with van der Waals surface area (Å²) < 4.78 is 1.26. The predicted octanol–water partition coefficient (Wildman–Crippen LogP) is 22.6. The maximum Gasteiger partial charge on any atom is 0.155 e. The molecule has 3 N–H and O–H groups in total. The number of nitrogens with zero attached hydrogens (tertiary/aromatic N) is 4.